The zero-order valence-corrected chi connectivity index (χ0v) is 13.5. The lowest BCUT2D eigenvalue weighted by Gasteiger charge is -2.42. The number of carboxylic acids is 1. The number of aliphatic carboxylic acids is 1. The maximum absolute atomic E-state index is 12.3. The molecule has 0 unspecified atom stereocenters. The summed E-state index contributed by atoms with van der Waals surface area (Å²) in [5, 5.41) is 11.9. The molecule has 1 aliphatic carbocycles. The molecular weight excluding hydrogens is 298 g/mol. The van der Waals surface area contributed by atoms with Gasteiger partial charge in [-0.3, -0.25) is 14.5 Å². The first-order valence-electron chi connectivity index (χ1n) is 7.89. The van der Waals surface area contributed by atoms with Crippen molar-refractivity contribution >= 4 is 11.9 Å². The lowest BCUT2D eigenvalue weighted by Crippen LogP contribution is -2.54. The van der Waals surface area contributed by atoms with Gasteiger partial charge < -0.3 is 15.2 Å². The van der Waals surface area contributed by atoms with Crippen molar-refractivity contribution < 1.29 is 19.4 Å². The van der Waals surface area contributed by atoms with E-state index in [1.165, 1.54) is 0 Å². The summed E-state index contributed by atoms with van der Waals surface area (Å²) in [7, 11) is 0. The van der Waals surface area contributed by atoms with Crippen LogP contribution in [0.5, 0.6) is 5.88 Å². The maximum atomic E-state index is 12.3. The van der Waals surface area contributed by atoms with Crippen LogP contribution in [0.4, 0.5) is 0 Å². The van der Waals surface area contributed by atoms with Gasteiger partial charge in [0.25, 0.3) is 5.91 Å². The van der Waals surface area contributed by atoms with Gasteiger partial charge in [-0.2, -0.15) is 0 Å². The van der Waals surface area contributed by atoms with Gasteiger partial charge in [-0.05, 0) is 38.4 Å². The lowest BCUT2D eigenvalue weighted by atomic mass is 9.85. The van der Waals surface area contributed by atoms with Crippen molar-refractivity contribution in [2.45, 2.75) is 38.8 Å². The molecule has 7 heteroatoms. The van der Waals surface area contributed by atoms with Crippen LogP contribution >= 0.6 is 0 Å². The van der Waals surface area contributed by atoms with Crippen LogP contribution in [-0.4, -0.2) is 58.6 Å². The van der Waals surface area contributed by atoms with E-state index in [-0.39, 0.29) is 24.5 Å². The van der Waals surface area contributed by atoms with Crippen LogP contribution in [0, 0.1) is 0 Å². The average molecular weight is 321 g/mol. The van der Waals surface area contributed by atoms with Crippen molar-refractivity contribution in [1.29, 1.82) is 0 Å². The summed E-state index contributed by atoms with van der Waals surface area (Å²) in [4.78, 5) is 29.1. The Morgan fingerprint density at radius 1 is 1.43 bits per heavy atom. The Kier molecular flexibility index (Phi) is 5.92. The van der Waals surface area contributed by atoms with Crippen molar-refractivity contribution in [3.63, 3.8) is 0 Å². The molecule has 126 valence electrons. The maximum Gasteiger partial charge on any atom is 0.317 e. The van der Waals surface area contributed by atoms with Crippen LogP contribution in [0.2, 0.25) is 0 Å². The SMILES string of the molecule is CCOc1ncccc1C(=O)NC1CC(N(CC)CC(=O)O)C1. The van der Waals surface area contributed by atoms with Crippen LogP contribution in [0.3, 0.4) is 0 Å². The van der Waals surface area contributed by atoms with Crippen molar-refractivity contribution in [3.05, 3.63) is 23.9 Å². The number of hydrogen-bond acceptors (Lipinski definition) is 5. The molecule has 1 aromatic heterocycles. The number of amides is 1. The van der Waals surface area contributed by atoms with Crippen LogP contribution in [0.15, 0.2) is 18.3 Å². The van der Waals surface area contributed by atoms with E-state index in [0.717, 1.165) is 12.8 Å². The molecule has 1 saturated carbocycles. The quantitative estimate of drug-likeness (QED) is 0.746. The molecule has 1 aliphatic rings. The highest BCUT2D eigenvalue weighted by Gasteiger charge is 2.35. The van der Waals surface area contributed by atoms with Crippen LogP contribution < -0.4 is 10.1 Å². The minimum Gasteiger partial charge on any atom is -0.480 e. The molecule has 0 radical (unpaired) electrons. The Balaban J connectivity index is 1.88. The highest BCUT2D eigenvalue weighted by molar-refractivity contribution is 5.96. The Labute approximate surface area is 135 Å². The lowest BCUT2D eigenvalue weighted by molar-refractivity contribution is -0.139. The molecule has 2 N–H and O–H groups in total. The Morgan fingerprint density at radius 2 is 2.17 bits per heavy atom. The molecule has 0 aliphatic heterocycles. The van der Waals surface area contributed by atoms with Gasteiger partial charge in [-0.1, -0.05) is 6.92 Å². The molecule has 0 bridgehead atoms. The fraction of sp³-hybridized carbons (Fsp3) is 0.562. The summed E-state index contributed by atoms with van der Waals surface area (Å²) in [5.41, 5.74) is 0.427. The topological polar surface area (TPSA) is 91.8 Å². The van der Waals surface area contributed by atoms with Gasteiger partial charge in [-0.25, -0.2) is 4.98 Å². The standard InChI is InChI=1S/C16H23N3O4/c1-3-19(10-14(20)21)12-8-11(9-12)18-15(22)13-6-5-7-17-16(13)23-4-2/h5-7,11-12H,3-4,8-10H2,1-2H3,(H,18,22)(H,20,21). The number of carbonyl (C=O) groups is 2. The summed E-state index contributed by atoms with van der Waals surface area (Å²) >= 11 is 0. The average Bonchev–Trinajstić information content (AvgIpc) is 2.49. The van der Waals surface area contributed by atoms with Crippen molar-refractivity contribution in [2.24, 2.45) is 0 Å². The molecule has 2 rings (SSSR count). The number of carbonyl (C=O) groups excluding carboxylic acids is 1. The summed E-state index contributed by atoms with van der Waals surface area (Å²) in [6, 6.07) is 3.66. The Hall–Kier alpha value is -2.15. The normalized spacial score (nSPS) is 20.0. The van der Waals surface area contributed by atoms with E-state index in [1.54, 1.807) is 18.3 Å². The monoisotopic (exact) mass is 321 g/mol. The van der Waals surface area contributed by atoms with E-state index < -0.39 is 5.97 Å². The predicted molar refractivity (Wildman–Crippen MR) is 84.6 cm³/mol. The number of pyridine rings is 1. The van der Waals surface area contributed by atoms with E-state index >= 15 is 0 Å². The summed E-state index contributed by atoms with van der Waals surface area (Å²) < 4.78 is 5.37. The third-order valence-corrected chi connectivity index (χ3v) is 4.01. The van der Waals surface area contributed by atoms with Crippen molar-refractivity contribution in [1.82, 2.24) is 15.2 Å². The first-order valence-corrected chi connectivity index (χ1v) is 7.89. The smallest absolute Gasteiger partial charge is 0.317 e. The van der Waals surface area contributed by atoms with E-state index in [9.17, 15) is 9.59 Å². The van der Waals surface area contributed by atoms with Crippen LogP contribution in [0.1, 0.15) is 37.0 Å². The minimum absolute atomic E-state index is 0.0406. The van der Waals surface area contributed by atoms with E-state index in [4.69, 9.17) is 9.84 Å². The molecule has 1 amide bonds. The number of nitrogens with one attached hydrogen (secondary N) is 1. The molecular formula is C16H23N3O4. The predicted octanol–water partition coefficient (Wildman–Crippen LogP) is 1.15. The van der Waals surface area contributed by atoms with Gasteiger partial charge >= 0.3 is 5.97 Å². The van der Waals surface area contributed by atoms with Gasteiger partial charge in [0.2, 0.25) is 5.88 Å². The highest BCUT2D eigenvalue weighted by atomic mass is 16.5. The Bertz CT molecular complexity index is 558. The number of aromatic nitrogens is 1. The van der Waals surface area contributed by atoms with Crippen LogP contribution in [0.25, 0.3) is 0 Å². The molecule has 23 heavy (non-hydrogen) atoms. The minimum atomic E-state index is -0.823. The second kappa shape index (κ2) is 7.92. The molecule has 1 fully saturated rings. The fourth-order valence-corrected chi connectivity index (χ4v) is 2.76. The molecule has 0 saturated heterocycles. The summed E-state index contributed by atoms with van der Waals surface area (Å²) in [6.45, 7) is 4.96. The van der Waals surface area contributed by atoms with E-state index in [0.29, 0.717) is 24.6 Å². The molecule has 0 atom stereocenters. The largest absolute Gasteiger partial charge is 0.480 e. The second-order valence-electron chi connectivity index (χ2n) is 5.54. The van der Waals surface area contributed by atoms with Gasteiger partial charge in [0, 0.05) is 18.3 Å². The number of ether oxygens (including phenoxy) is 1. The number of nitrogens with zero attached hydrogens (tertiary/aromatic N) is 2. The van der Waals surface area contributed by atoms with Crippen molar-refractivity contribution in [2.75, 3.05) is 19.7 Å². The first kappa shape index (κ1) is 17.2. The van der Waals surface area contributed by atoms with Crippen molar-refractivity contribution in [3.8, 4) is 5.88 Å². The summed E-state index contributed by atoms with van der Waals surface area (Å²) in [5.74, 6) is -0.688. The van der Waals surface area contributed by atoms with Gasteiger partial charge in [0.1, 0.15) is 5.56 Å². The van der Waals surface area contributed by atoms with Gasteiger partial charge in [0.15, 0.2) is 0 Å². The van der Waals surface area contributed by atoms with Gasteiger partial charge in [-0.15, -0.1) is 0 Å². The number of carboxylic acid groups (broad SMARTS) is 1. The van der Waals surface area contributed by atoms with Crippen LogP contribution in [-0.2, 0) is 4.79 Å². The molecule has 0 spiro atoms. The second-order valence-corrected chi connectivity index (χ2v) is 5.54. The Morgan fingerprint density at radius 3 is 2.78 bits per heavy atom. The molecule has 7 nitrogen and oxygen atoms in total. The number of rotatable bonds is 8. The number of hydrogen-bond donors (Lipinski definition) is 2. The third kappa shape index (κ3) is 4.41. The zero-order valence-electron chi connectivity index (χ0n) is 13.5. The molecule has 1 heterocycles. The molecule has 0 aromatic carbocycles. The number of likely N-dealkylation sites (N-methyl/N-ethyl adjacent to an activating group) is 1. The molecule has 1 aromatic rings. The fourth-order valence-electron chi connectivity index (χ4n) is 2.76. The van der Waals surface area contributed by atoms with Gasteiger partial charge in [0.05, 0.1) is 13.2 Å². The van der Waals surface area contributed by atoms with E-state index in [2.05, 4.69) is 10.3 Å². The first-order chi connectivity index (χ1) is 11.0. The summed E-state index contributed by atoms with van der Waals surface area (Å²) in [6.07, 6.45) is 3.11. The van der Waals surface area contributed by atoms with E-state index in [1.807, 2.05) is 18.7 Å². The zero-order chi connectivity index (χ0) is 16.8. The third-order valence-electron chi connectivity index (χ3n) is 4.01. The highest BCUT2D eigenvalue weighted by Crippen LogP contribution is 2.26.